The standard InChI is InChI=1S/C20H20F3N5O3S/c1-6-32(29,30)15-8-14(31-19(3,4)10-24)11(2)26-16(15)18-27-13-7-12(20(21,22)23)9-25-17(13)28(18)5/h7-9H,6H2,1-5H3. The van der Waals surface area contributed by atoms with E-state index in [1.807, 2.05) is 6.07 Å². The number of imidazole rings is 1. The van der Waals surface area contributed by atoms with Crippen LogP contribution in [0.15, 0.2) is 23.2 Å². The molecule has 0 atom stereocenters. The molecule has 3 heterocycles. The van der Waals surface area contributed by atoms with E-state index in [1.165, 1.54) is 38.5 Å². The van der Waals surface area contributed by atoms with Crippen molar-refractivity contribution in [2.24, 2.45) is 7.05 Å². The fraction of sp³-hybridized carbons (Fsp3) is 0.400. The maximum absolute atomic E-state index is 13.1. The highest BCUT2D eigenvalue weighted by Crippen LogP contribution is 2.35. The van der Waals surface area contributed by atoms with Crippen molar-refractivity contribution < 1.29 is 26.3 Å². The molecule has 0 amide bonds. The maximum Gasteiger partial charge on any atom is 0.417 e. The van der Waals surface area contributed by atoms with Gasteiger partial charge in [-0.05, 0) is 26.8 Å². The molecule has 0 saturated heterocycles. The second kappa shape index (κ2) is 7.74. The number of fused-ring (bicyclic) bond motifs is 1. The zero-order chi connectivity index (χ0) is 24.1. The monoisotopic (exact) mass is 467 g/mol. The lowest BCUT2D eigenvalue weighted by molar-refractivity contribution is -0.137. The Kier molecular flexibility index (Phi) is 5.67. The van der Waals surface area contributed by atoms with Gasteiger partial charge in [0, 0.05) is 19.3 Å². The molecule has 0 spiro atoms. The number of aryl methyl sites for hydroxylation is 2. The van der Waals surface area contributed by atoms with E-state index in [0.717, 1.165) is 6.07 Å². The number of hydrogen-bond acceptors (Lipinski definition) is 7. The molecule has 0 bridgehead atoms. The first-order chi connectivity index (χ1) is 14.7. The molecule has 0 fully saturated rings. The van der Waals surface area contributed by atoms with Crippen LogP contribution in [0.5, 0.6) is 5.75 Å². The molecule has 3 aromatic heterocycles. The van der Waals surface area contributed by atoms with Crippen LogP contribution in [0.25, 0.3) is 22.7 Å². The van der Waals surface area contributed by atoms with Crippen LogP contribution in [0, 0.1) is 18.3 Å². The highest BCUT2D eigenvalue weighted by Gasteiger charge is 2.32. The lowest BCUT2D eigenvalue weighted by atomic mass is 10.1. The van der Waals surface area contributed by atoms with Crippen LogP contribution in [0.1, 0.15) is 32.0 Å². The highest BCUT2D eigenvalue weighted by atomic mass is 32.2. The fourth-order valence-electron chi connectivity index (χ4n) is 2.97. The highest BCUT2D eigenvalue weighted by molar-refractivity contribution is 7.91. The van der Waals surface area contributed by atoms with Crippen LogP contribution in [-0.4, -0.2) is 39.3 Å². The van der Waals surface area contributed by atoms with Crippen molar-refractivity contribution in [2.75, 3.05) is 5.75 Å². The van der Waals surface area contributed by atoms with E-state index in [0.29, 0.717) is 6.20 Å². The Bertz CT molecular complexity index is 1360. The van der Waals surface area contributed by atoms with Gasteiger partial charge >= 0.3 is 6.18 Å². The second-order valence-electron chi connectivity index (χ2n) is 7.61. The lowest BCUT2D eigenvalue weighted by Crippen LogP contribution is -2.26. The minimum atomic E-state index is -4.60. The Morgan fingerprint density at radius 3 is 2.44 bits per heavy atom. The quantitative estimate of drug-likeness (QED) is 0.561. The molecule has 0 saturated carbocycles. The normalized spacial score (nSPS) is 12.7. The summed E-state index contributed by atoms with van der Waals surface area (Å²) in [5, 5.41) is 9.24. The maximum atomic E-state index is 13.1. The van der Waals surface area contributed by atoms with Gasteiger partial charge in [0.05, 0.1) is 17.0 Å². The van der Waals surface area contributed by atoms with Gasteiger partial charge in [0.25, 0.3) is 0 Å². The molecule has 0 aliphatic carbocycles. The first kappa shape index (κ1) is 23.5. The van der Waals surface area contributed by atoms with Crippen LogP contribution in [0.4, 0.5) is 13.2 Å². The van der Waals surface area contributed by atoms with Crippen molar-refractivity contribution in [3.63, 3.8) is 0 Å². The van der Waals surface area contributed by atoms with Crippen LogP contribution in [0.3, 0.4) is 0 Å². The number of aromatic nitrogens is 4. The SMILES string of the molecule is CCS(=O)(=O)c1cc(OC(C)(C)C#N)c(C)nc1-c1nc2cc(C(F)(F)F)cnc2n1C. The molecule has 170 valence electrons. The topological polar surface area (TPSA) is 111 Å². The minimum Gasteiger partial charge on any atom is -0.471 e. The molecular weight excluding hydrogens is 447 g/mol. The number of alkyl halides is 3. The van der Waals surface area contributed by atoms with Gasteiger partial charge in [-0.1, -0.05) is 6.92 Å². The van der Waals surface area contributed by atoms with E-state index >= 15 is 0 Å². The molecule has 0 unspecified atom stereocenters. The molecule has 3 rings (SSSR count). The summed E-state index contributed by atoms with van der Waals surface area (Å²) >= 11 is 0. The zero-order valence-corrected chi connectivity index (χ0v) is 18.8. The van der Waals surface area contributed by atoms with E-state index in [4.69, 9.17) is 4.74 Å². The third-order valence-electron chi connectivity index (χ3n) is 4.73. The number of ether oxygens (including phenoxy) is 1. The molecule has 3 aromatic rings. The summed E-state index contributed by atoms with van der Waals surface area (Å²) in [5.41, 5.74) is -1.88. The van der Waals surface area contributed by atoms with Crippen molar-refractivity contribution in [3.05, 3.63) is 29.6 Å². The van der Waals surface area contributed by atoms with Crippen molar-refractivity contribution in [1.29, 1.82) is 5.26 Å². The van der Waals surface area contributed by atoms with Gasteiger partial charge in [0.1, 0.15) is 27.9 Å². The number of pyridine rings is 2. The second-order valence-corrected chi connectivity index (χ2v) is 9.85. The molecule has 8 nitrogen and oxygen atoms in total. The van der Waals surface area contributed by atoms with Crippen LogP contribution in [-0.2, 0) is 23.1 Å². The molecule has 0 N–H and O–H groups in total. The first-order valence-electron chi connectivity index (χ1n) is 9.45. The Hall–Kier alpha value is -3.20. The molecule has 0 aliphatic rings. The Labute approximate surface area is 182 Å². The largest absolute Gasteiger partial charge is 0.471 e. The van der Waals surface area contributed by atoms with Gasteiger partial charge in [-0.2, -0.15) is 18.4 Å². The Balaban J connectivity index is 2.29. The summed E-state index contributed by atoms with van der Waals surface area (Å²) in [6.45, 7) is 6.05. The van der Waals surface area contributed by atoms with E-state index < -0.39 is 27.2 Å². The van der Waals surface area contributed by atoms with Crippen molar-refractivity contribution >= 4 is 21.0 Å². The van der Waals surface area contributed by atoms with Crippen molar-refractivity contribution in [2.45, 2.75) is 44.4 Å². The number of halogens is 3. The number of nitrogens with zero attached hydrogens (tertiary/aromatic N) is 5. The predicted molar refractivity (Wildman–Crippen MR) is 110 cm³/mol. The van der Waals surface area contributed by atoms with Gasteiger partial charge in [0.15, 0.2) is 26.9 Å². The Morgan fingerprint density at radius 2 is 1.88 bits per heavy atom. The molecule has 32 heavy (non-hydrogen) atoms. The van der Waals surface area contributed by atoms with Crippen LogP contribution in [0.2, 0.25) is 0 Å². The molecule has 0 aliphatic heterocycles. The van der Waals surface area contributed by atoms with Crippen molar-refractivity contribution in [3.8, 4) is 23.3 Å². The van der Waals surface area contributed by atoms with Gasteiger partial charge < -0.3 is 9.30 Å². The van der Waals surface area contributed by atoms with Crippen molar-refractivity contribution in [1.82, 2.24) is 19.5 Å². The molecular formula is C20H20F3N5O3S. The number of rotatable bonds is 5. The summed E-state index contributed by atoms with van der Waals surface area (Å²) in [6, 6.07) is 4.08. The number of sulfone groups is 1. The summed E-state index contributed by atoms with van der Waals surface area (Å²) in [7, 11) is -2.34. The van der Waals surface area contributed by atoms with Gasteiger partial charge in [0.2, 0.25) is 0 Å². The summed E-state index contributed by atoms with van der Waals surface area (Å²) < 4.78 is 71.9. The molecule has 0 radical (unpaired) electrons. The van der Waals surface area contributed by atoms with Gasteiger partial charge in [-0.3, -0.25) is 0 Å². The summed E-state index contributed by atoms with van der Waals surface area (Å²) in [5.74, 6) is -0.122. The summed E-state index contributed by atoms with van der Waals surface area (Å²) in [4.78, 5) is 12.2. The van der Waals surface area contributed by atoms with E-state index in [2.05, 4.69) is 15.0 Å². The first-order valence-corrected chi connectivity index (χ1v) is 11.1. The Morgan fingerprint density at radius 1 is 1.22 bits per heavy atom. The van der Waals surface area contributed by atoms with E-state index in [1.54, 1.807) is 6.92 Å². The summed E-state index contributed by atoms with van der Waals surface area (Å²) in [6.07, 6.45) is -3.91. The number of hydrogen-bond donors (Lipinski definition) is 0. The van der Waals surface area contributed by atoms with Crippen LogP contribution >= 0.6 is 0 Å². The van der Waals surface area contributed by atoms with E-state index in [9.17, 15) is 26.9 Å². The van der Waals surface area contributed by atoms with Gasteiger partial charge in [-0.15, -0.1) is 0 Å². The smallest absolute Gasteiger partial charge is 0.417 e. The zero-order valence-electron chi connectivity index (χ0n) is 17.9. The van der Waals surface area contributed by atoms with Crippen LogP contribution < -0.4 is 4.74 Å². The number of nitriles is 1. The lowest BCUT2D eigenvalue weighted by Gasteiger charge is -2.21. The van der Waals surface area contributed by atoms with E-state index in [-0.39, 0.29) is 44.8 Å². The average Bonchev–Trinajstić information content (AvgIpc) is 3.04. The predicted octanol–water partition coefficient (Wildman–Crippen LogP) is 3.83. The average molecular weight is 467 g/mol. The third-order valence-corrected chi connectivity index (χ3v) is 6.47. The fourth-order valence-corrected chi connectivity index (χ4v) is 4.00. The third kappa shape index (κ3) is 4.25. The van der Waals surface area contributed by atoms with Gasteiger partial charge in [-0.25, -0.2) is 23.4 Å². The molecule has 12 heteroatoms. The molecule has 0 aromatic carbocycles. The minimum absolute atomic E-state index is 0.0352.